The number of nitrogens with one attached hydrogen (secondary N) is 1. The SMILES string of the molecule is CC1(C)C(C(=O)NC2(C(N)=NO)CCCCC2)C1(C)C. The van der Waals surface area contributed by atoms with E-state index in [0.29, 0.717) is 0 Å². The van der Waals surface area contributed by atoms with Gasteiger partial charge in [-0.1, -0.05) is 52.1 Å². The van der Waals surface area contributed by atoms with Crippen molar-refractivity contribution in [2.75, 3.05) is 0 Å². The molecular formula is C15H27N3O2. The van der Waals surface area contributed by atoms with Crippen LogP contribution in [-0.4, -0.2) is 22.5 Å². The summed E-state index contributed by atoms with van der Waals surface area (Å²) < 4.78 is 0. The first-order valence-electron chi connectivity index (χ1n) is 7.49. The van der Waals surface area contributed by atoms with Crippen molar-refractivity contribution < 1.29 is 10.0 Å². The number of rotatable bonds is 3. The number of hydrogen-bond acceptors (Lipinski definition) is 3. The molecule has 0 unspecified atom stereocenters. The third kappa shape index (κ3) is 2.07. The zero-order valence-electron chi connectivity index (χ0n) is 13.0. The number of carbonyl (C=O) groups is 1. The summed E-state index contributed by atoms with van der Waals surface area (Å²) >= 11 is 0. The minimum atomic E-state index is -0.654. The summed E-state index contributed by atoms with van der Waals surface area (Å²) in [6, 6.07) is 0. The average Bonchev–Trinajstić information content (AvgIpc) is 2.79. The molecule has 0 heterocycles. The minimum Gasteiger partial charge on any atom is -0.409 e. The third-order valence-corrected chi connectivity index (χ3v) is 5.95. The van der Waals surface area contributed by atoms with Crippen LogP contribution >= 0.6 is 0 Å². The topological polar surface area (TPSA) is 87.7 Å². The molecule has 0 aromatic carbocycles. The summed E-state index contributed by atoms with van der Waals surface area (Å²) in [5.74, 6) is 0.163. The molecule has 0 spiro atoms. The van der Waals surface area contributed by atoms with Gasteiger partial charge in [-0.25, -0.2) is 0 Å². The van der Waals surface area contributed by atoms with E-state index >= 15 is 0 Å². The fraction of sp³-hybridized carbons (Fsp3) is 0.867. The van der Waals surface area contributed by atoms with Crippen molar-refractivity contribution in [2.24, 2.45) is 27.6 Å². The first kappa shape index (κ1) is 15.1. The van der Waals surface area contributed by atoms with E-state index in [-0.39, 0.29) is 28.5 Å². The highest BCUT2D eigenvalue weighted by Gasteiger charge is 2.68. The van der Waals surface area contributed by atoms with E-state index in [0.717, 1.165) is 32.1 Å². The van der Waals surface area contributed by atoms with Crippen LogP contribution in [-0.2, 0) is 4.79 Å². The molecule has 1 amide bonds. The third-order valence-electron chi connectivity index (χ3n) is 5.95. The van der Waals surface area contributed by atoms with Crippen molar-refractivity contribution in [1.29, 1.82) is 0 Å². The highest BCUT2D eigenvalue weighted by atomic mass is 16.4. The van der Waals surface area contributed by atoms with Crippen LogP contribution in [0.4, 0.5) is 0 Å². The Balaban J connectivity index is 2.16. The van der Waals surface area contributed by atoms with Gasteiger partial charge >= 0.3 is 0 Å². The molecule has 2 saturated carbocycles. The fourth-order valence-corrected chi connectivity index (χ4v) is 3.86. The molecule has 2 fully saturated rings. The van der Waals surface area contributed by atoms with Crippen molar-refractivity contribution in [1.82, 2.24) is 5.32 Å². The number of amidine groups is 1. The average molecular weight is 281 g/mol. The lowest BCUT2D eigenvalue weighted by Crippen LogP contribution is -2.59. The Morgan fingerprint density at radius 3 is 2.05 bits per heavy atom. The Morgan fingerprint density at radius 2 is 1.65 bits per heavy atom. The van der Waals surface area contributed by atoms with E-state index in [1.54, 1.807) is 0 Å². The van der Waals surface area contributed by atoms with Gasteiger partial charge in [0.15, 0.2) is 5.84 Å². The predicted molar refractivity (Wildman–Crippen MR) is 78.4 cm³/mol. The highest BCUT2D eigenvalue weighted by Crippen LogP contribution is 2.68. The summed E-state index contributed by atoms with van der Waals surface area (Å²) in [6.07, 6.45) is 4.63. The number of oxime groups is 1. The van der Waals surface area contributed by atoms with Crippen LogP contribution in [0.5, 0.6) is 0 Å². The van der Waals surface area contributed by atoms with Crippen molar-refractivity contribution in [3.63, 3.8) is 0 Å². The van der Waals surface area contributed by atoms with Crippen molar-refractivity contribution in [3.8, 4) is 0 Å². The van der Waals surface area contributed by atoms with E-state index in [9.17, 15) is 4.79 Å². The van der Waals surface area contributed by atoms with Gasteiger partial charge in [0.05, 0.1) is 0 Å². The summed E-state index contributed by atoms with van der Waals surface area (Å²) in [5.41, 5.74) is 5.21. The lowest BCUT2D eigenvalue weighted by atomic mass is 9.80. The minimum absolute atomic E-state index is 0.00193. The quantitative estimate of drug-likeness (QED) is 0.321. The highest BCUT2D eigenvalue weighted by molar-refractivity contribution is 5.95. The van der Waals surface area contributed by atoms with Crippen LogP contribution < -0.4 is 11.1 Å². The maximum absolute atomic E-state index is 12.6. The van der Waals surface area contributed by atoms with Crippen LogP contribution in [0.3, 0.4) is 0 Å². The van der Waals surface area contributed by atoms with E-state index < -0.39 is 5.54 Å². The van der Waals surface area contributed by atoms with Crippen LogP contribution in [0.2, 0.25) is 0 Å². The zero-order valence-corrected chi connectivity index (χ0v) is 13.0. The summed E-state index contributed by atoms with van der Waals surface area (Å²) in [7, 11) is 0. The molecule has 0 radical (unpaired) electrons. The van der Waals surface area contributed by atoms with Crippen molar-refractivity contribution in [3.05, 3.63) is 0 Å². The summed E-state index contributed by atoms with van der Waals surface area (Å²) in [5, 5.41) is 15.3. The van der Waals surface area contributed by atoms with Gasteiger partial charge in [0.2, 0.25) is 5.91 Å². The summed E-state index contributed by atoms with van der Waals surface area (Å²) in [4.78, 5) is 12.6. The summed E-state index contributed by atoms with van der Waals surface area (Å²) in [6.45, 7) is 8.48. The molecule has 0 aromatic heterocycles. The lowest BCUT2D eigenvalue weighted by molar-refractivity contribution is -0.125. The molecule has 5 nitrogen and oxygen atoms in total. The molecule has 114 valence electrons. The molecule has 0 aromatic rings. The monoisotopic (exact) mass is 281 g/mol. The normalized spacial score (nSPS) is 27.9. The molecular weight excluding hydrogens is 254 g/mol. The second-order valence-corrected chi connectivity index (χ2v) is 7.49. The Hall–Kier alpha value is -1.26. The molecule has 20 heavy (non-hydrogen) atoms. The molecule has 4 N–H and O–H groups in total. The van der Waals surface area contributed by atoms with E-state index in [4.69, 9.17) is 10.9 Å². The van der Waals surface area contributed by atoms with E-state index in [1.165, 1.54) is 0 Å². The number of nitrogens with two attached hydrogens (primary N) is 1. The Morgan fingerprint density at radius 1 is 1.15 bits per heavy atom. The second kappa shape index (κ2) is 4.64. The van der Waals surface area contributed by atoms with Gasteiger partial charge in [-0.15, -0.1) is 0 Å². The molecule has 0 atom stereocenters. The van der Waals surface area contributed by atoms with E-state index in [1.807, 2.05) is 0 Å². The number of nitrogens with zero attached hydrogens (tertiary/aromatic N) is 1. The number of amides is 1. The van der Waals surface area contributed by atoms with Gasteiger partial charge in [0.25, 0.3) is 0 Å². The Kier molecular flexibility index (Phi) is 3.51. The van der Waals surface area contributed by atoms with Crippen molar-refractivity contribution >= 4 is 11.7 Å². The molecule has 2 aliphatic carbocycles. The predicted octanol–water partition coefficient (Wildman–Crippen LogP) is 2.23. The molecule has 5 heteroatoms. The zero-order chi connectivity index (χ0) is 15.2. The number of carbonyl (C=O) groups excluding carboxylic acids is 1. The Bertz CT molecular complexity index is 420. The van der Waals surface area contributed by atoms with Crippen LogP contribution in [0.15, 0.2) is 5.16 Å². The van der Waals surface area contributed by atoms with Crippen molar-refractivity contribution in [2.45, 2.75) is 65.3 Å². The smallest absolute Gasteiger partial charge is 0.225 e. The van der Waals surface area contributed by atoms with Gasteiger partial charge in [-0.2, -0.15) is 0 Å². The van der Waals surface area contributed by atoms with Gasteiger partial charge in [0.1, 0.15) is 5.54 Å². The first-order valence-corrected chi connectivity index (χ1v) is 7.49. The lowest BCUT2D eigenvalue weighted by Gasteiger charge is -2.37. The van der Waals surface area contributed by atoms with Crippen LogP contribution in [0.1, 0.15) is 59.8 Å². The Labute approximate surface area is 121 Å². The van der Waals surface area contributed by atoms with Crippen LogP contribution in [0.25, 0.3) is 0 Å². The van der Waals surface area contributed by atoms with Gasteiger partial charge < -0.3 is 16.3 Å². The molecule has 0 bridgehead atoms. The molecule has 0 aliphatic heterocycles. The largest absolute Gasteiger partial charge is 0.409 e. The van der Waals surface area contributed by atoms with E-state index in [2.05, 4.69) is 38.2 Å². The molecule has 0 saturated heterocycles. The number of hydrogen-bond donors (Lipinski definition) is 3. The maximum Gasteiger partial charge on any atom is 0.225 e. The molecule has 2 aliphatic rings. The fourth-order valence-electron chi connectivity index (χ4n) is 3.86. The van der Waals surface area contributed by atoms with Gasteiger partial charge in [0, 0.05) is 5.92 Å². The van der Waals surface area contributed by atoms with Gasteiger partial charge in [-0.05, 0) is 23.7 Å². The van der Waals surface area contributed by atoms with Crippen LogP contribution in [0, 0.1) is 16.7 Å². The maximum atomic E-state index is 12.6. The van der Waals surface area contributed by atoms with Gasteiger partial charge in [-0.3, -0.25) is 4.79 Å². The molecule has 2 rings (SSSR count). The second-order valence-electron chi connectivity index (χ2n) is 7.49. The first-order chi connectivity index (χ1) is 9.19. The standard InChI is InChI=1S/C15H27N3O2/c1-13(2)10(14(13,3)4)11(19)17-15(12(16)18-20)8-6-5-7-9-15/h10,20H,5-9H2,1-4H3,(H2,16,18)(H,17,19).